The van der Waals surface area contributed by atoms with Crippen molar-refractivity contribution in [3.63, 3.8) is 0 Å². The zero-order valence-corrected chi connectivity index (χ0v) is 20.6. The maximum absolute atomic E-state index is 13.5. The lowest BCUT2D eigenvalue weighted by Crippen LogP contribution is -2.51. The summed E-state index contributed by atoms with van der Waals surface area (Å²) in [5, 5.41) is 4.08. The van der Waals surface area contributed by atoms with Crippen molar-refractivity contribution >= 4 is 35.0 Å². The van der Waals surface area contributed by atoms with Gasteiger partial charge in [-0.3, -0.25) is 9.59 Å². The number of hydrogen-bond donors (Lipinski definition) is 1. The number of rotatable bonds is 8. The first-order valence-corrected chi connectivity index (χ1v) is 12.1. The zero-order chi connectivity index (χ0) is 23.3. The smallest absolute Gasteiger partial charge is 0.243 e. The van der Waals surface area contributed by atoms with Crippen LogP contribution in [0.3, 0.4) is 0 Å². The van der Waals surface area contributed by atoms with E-state index in [1.165, 1.54) is 0 Å². The number of aryl methyl sites for hydroxylation is 2. The molecule has 0 heterocycles. The molecule has 2 aromatic rings. The van der Waals surface area contributed by atoms with Gasteiger partial charge in [-0.25, -0.2) is 0 Å². The maximum Gasteiger partial charge on any atom is 0.243 e. The summed E-state index contributed by atoms with van der Waals surface area (Å²) in [6, 6.07) is 11.2. The van der Waals surface area contributed by atoms with Crippen molar-refractivity contribution in [1.82, 2.24) is 10.2 Å². The fourth-order valence-electron chi connectivity index (χ4n) is 4.57. The van der Waals surface area contributed by atoms with E-state index >= 15 is 0 Å². The maximum atomic E-state index is 13.5. The molecule has 172 valence electrons. The zero-order valence-electron chi connectivity index (χ0n) is 19.1. The van der Waals surface area contributed by atoms with Gasteiger partial charge in [0.25, 0.3) is 0 Å². The van der Waals surface area contributed by atoms with Crippen LogP contribution in [-0.4, -0.2) is 28.8 Å². The van der Waals surface area contributed by atoms with Gasteiger partial charge in [0, 0.05) is 12.6 Å². The molecule has 0 unspecified atom stereocenters. The van der Waals surface area contributed by atoms with Gasteiger partial charge < -0.3 is 10.2 Å². The van der Waals surface area contributed by atoms with Crippen molar-refractivity contribution < 1.29 is 9.59 Å². The van der Waals surface area contributed by atoms with Crippen molar-refractivity contribution in [2.45, 2.75) is 77.9 Å². The summed E-state index contributed by atoms with van der Waals surface area (Å²) in [6.07, 6.45) is 5.08. The van der Waals surface area contributed by atoms with Crippen LogP contribution in [0.25, 0.3) is 0 Å². The highest BCUT2D eigenvalue weighted by Gasteiger charge is 2.30. The molecule has 1 fully saturated rings. The Hall–Kier alpha value is -2.04. The minimum absolute atomic E-state index is 0.0745. The third-order valence-corrected chi connectivity index (χ3v) is 6.80. The quantitative estimate of drug-likeness (QED) is 0.508. The van der Waals surface area contributed by atoms with Gasteiger partial charge in [0.2, 0.25) is 11.8 Å². The van der Waals surface area contributed by atoms with E-state index in [-0.39, 0.29) is 24.3 Å². The van der Waals surface area contributed by atoms with Crippen molar-refractivity contribution in [2.75, 3.05) is 0 Å². The largest absolute Gasteiger partial charge is 0.352 e. The van der Waals surface area contributed by atoms with E-state index < -0.39 is 6.04 Å². The molecule has 1 aliphatic rings. The second-order valence-electron chi connectivity index (χ2n) is 8.86. The second kappa shape index (κ2) is 11.2. The SMILES string of the molecule is CC[C@@H](C(=O)NC1CCCC1)N(Cc1ccc(Cl)c(Cl)c1)C(=O)Cc1cc(C)cc(C)c1. The average Bonchev–Trinajstić information content (AvgIpc) is 3.22. The van der Waals surface area contributed by atoms with Gasteiger partial charge in [0.05, 0.1) is 16.5 Å². The summed E-state index contributed by atoms with van der Waals surface area (Å²) >= 11 is 12.3. The highest BCUT2D eigenvalue weighted by atomic mass is 35.5. The van der Waals surface area contributed by atoms with Crippen molar-refractivity contribution in [1.29, 1.82) is 0 Å². The highest BCUT2D eigenvalue weighted by molar-refractivity contribution is 6.42. The highest BCUT2D eigenvalue weighted by Crippen LogP contribution is 2.25. The van der Waals surface area contributed by atoms with E-state index in [1.807, 2.05) is 39.0 Å². The summed E-state index contributed by atoms with van der Waals surface area (Å²) in [5.74, 6) is -0.150. The summed E-state index contributed by atoms with van der Waals surface area (Å²) in [4.78, 5) is 28.4. The third kappa shape index (κ3) is 6.49. The molecule has 2 amide bonds. The Morgan fingerprint density at radius 1 is 1.00 bits per heavy atom. The lowest BCUT2D eigenvalue weighted by Gasteiger charge is -2.32. The van der Waals surface area contributed by atoms with Crippen LogP contribution in [0.2, 0.25) is 10.0 Å². The monoisotopic (exact) mass is 474 g/mol. The number of amides is 2. The predicted molar refractivity (Wildman–Crippen MR) is 131 cm³/mol. The van der Waals surface area contributed by atoms with E-state index in [0.29, 0.717) is 23.0 Å². The second-order valence-corrected chi connectivity index (χ2v) is 9.67. The molecule has 0 aliphatic heterocycles. The van der Waals surface area contributed by atoms with Crippen LogP contribution in [0.15, 0.2) is 36.4 Å². The first-order chi connectivity index (χ1) is 15.3. The number of hydrogen-bond acceptors (Lipinski definition) is 2. The number of carbonyl (C=O) groups excluding carboxylic acids is 2. The molecule has 32 heavy (non-hydrogen) atoms. The molecular formula is C26H32Cl2N2O2. The van der Waals surface area contributed by atoms with Crippen molar-refractivity contribution in [3.8, 4) is 0 Å². The Morgan fingerprint density at radius 2 is 1.66 bits per heavy atom. The van der Waals surface area contributed by atoms with E-state index in [1.54, 1.807) is 17.0 Å². The summed E-state index contributed by atoms with van der Waals surface area (Å²) in [6.45, 7) is 6.30. The number of nitrogens with zero attached hydrogens (tertiary/aromatic N) is 1. The molecular weight excluding hydrogens is 443 g/mol. The number of halogens is 2. The fourth-order valence-corrected chi connectivity index (χ4v) is 4.89. The van der Waals surface area contributed by atoms with Gasteiger partial charge >= 0.3 is 0 Å². The van der Waals surface area contributed by atoms with Gasteiger partial charge in [-0.15, -0.1) is 0 Å². The molecule has 0 bridgehead atoms. The van der Waals surface area contributed by atoms with Gasteiger partial charge in [0.1, 0.15) is 6.04 Å². The van der Waals surface area contributed by atoms with Crippen LogP contribution in [0.1, 0.15) is 61.3 Å². The van der Waals surface area contributed by atoms with Crippen molar-refractivity contribution in [3.05, 3.63) is 68.7 Å². The molecule has 1 N–H and O–H groups in total. The Kier molecular flexibility index (Phi) is 8.61. The minimum Gasteiger partial charge on any atom is -0.352 e. The Morgan fingerprint density at radius 3 is 2.25 bits per heavy atom. The summed E-state index contributed by atoms with van der Waals surface area (Å²) in [5.41, 5.74) is 4.04. The normalized spacial score (nSPS) is 14.9. The van der Waals surface area contributed by atoms with E-state index in [4.69, 9.17) is 23.2 Å². The molecule has 3 rings (SSSR count). The molecule has 6 heteroatoms. The van der Waals surface area contributed by atoms with Crippen LogP contribution in [0, 0.1) is 13.8 Å². The first kappa shape index (κ1) is 24.6. The Labute approximate surface area is 201 Å². The molecule has 1 aliphatic carbocycles. The lowest BCUT2D eigenvalue weighted by molar-refractivity contribution is -0.141. The summed E-state index contributed by atoms with van der Waals surface area (Å²) in [7, 11) is 0. The molecule has 0 spiro atoms. The van der Waals surface area contributed by atoms with Crippen LogP contribution in [0.5, 0.6) is 0 Å². The minimum atomic E-state index is -0.538. The number of benzene rings is 2. The third-order valence-electron chi connectivity index (χ3n) is 6.06. The van der Waals surface area contributed by atoms with E-state index in [9.17, 15) is 9.59 Å². The standard InChI is InChI=1S/C26H32Cl2N2O2/c1-4-24(26(32)29-21-7-5-6-8-21)30(16-19-9-10-22(27)23(28)14-19)25(31)15-20-12-17(2)11-18(3)13-20/h9-14,21,24H,4-8,15-16H2,1-3H3,(H,29,32)/t24-/m0/s1. The molecule has 0 aromatic heterocycles. The number of carbonyl (C=O) groups is 2. The van der Waals surface area contributed by atoms with Gasteiger partial charge in [-0.1, -0.05) is 78.4 Å². The van der Waals surface area contributed by atoms with Crippen LogP contribution in [0.4, 0.5) is 0 Å². The number of nitrogens with one attached hydrogen (secondary N) is 1. The average molecular weight is 475 g/mol. The van der Waals surface area contributed by atoms with Gasteiger partial charge in [0.15, 0.2) is 0 Å². The Balaban J connectivity index is 1.86. The Bertz CT molecular complexity index is 950. The molecule has 0 saturated heterocycles. The molecule has 0 radical (unpaired) electrons. The topological polar surface area (TPSA) is 49.4 Å². The molecule has 4 nitrogen and oxygen atoms in total. The fraction of sp³-hybridized carbons (Fsp3) is 0.462. The van der Waals surface area contributed by atoms with Gasteiger partial charge in [-0.2, -0.15) is 0 Å². The van der Waals surface area contributed by atoms with E-state index in [2.05, 4.69) is 11.4 Å². The predicted octanol–water partition coefficient (Wildman–Crippen LogP) is 6.02. The van der Waals surface area contributed by atoms with Gasteiger partial charge in [-0.05, 0) is 56.4 Å². The molecule has 1 saturated carbocycles. The lowest BCUT2D eigenvalue weighted by atomic mass is 10.0. The molecule has 1 atom stereocenters. The van der Waals surface area contributed by atoms with Crippen LogP contribution < -0.4 is 5.32 Å². The van der Waals surface area contributed by atoms with E-state index in [0.717, 1.165) is 47.9 Å². The van der Waals surface area contributed by atoms with Crippen molar-refractivity contribution in [2.24, 2.45) is 0 Å². The van der Waals surface area contributed by atoms with Crippen LogP contribution >= 0.6 is 23.2 Å². The first-order valence-electron chi connectivity index (χ1n) is 11.4. The summed E-state index contributed by atoms with van der Waals surface area (Å²) < 4.78 is 0. The van der Waals surface area contributed by atoms with Crippen LogP contribution in [-0.2, 0) is 22.6 Å². The molecule has 2 aromatic carbocycles.